The molecule has 8 nitrogen and oxygen atoms in total. The highest BCUT2D eigenvalue weighted by molar-refractivity contribution is 5.91. The fourth-order valence-electron chi connectivity index (χ4n) is 4.85. The van der Waals surface area contributed by atoms with Gasteiger partial charge >= 0.3 is 6.18 Å². The van der Waals surface area contributed by atoms with Gasteiger partial charge in [-0.3, -0.25) is 4.90 Å². The highest BCUT2D eigenvalue weighted by atomic mass is 19.4. The monoisotopic (exact) mass is 521 g/mol. The second kappa shape index (κ2) is 9.56. The molecule has 0 radical (unpaired) electrons. The fraction of sp³-hybridized carbons (Fsp3) is 0.259. The van der Waals surface area contributed by atoms with Crippen molar-refractivity contribution in [2.24, 2.45) is 0 Å². The lowest BCUT2D eigenvalue weighted by molar-refractivity contribution is -0.144. The zero-order chi connectivity index (χ0) is 26.3. The van der Waals surface area contributed by atoms with E-state index in [1.54, 1.807) is 18.2 Å². The minimum Gasteiger partial charge on any atom is -0.490 e. The standard InChI is InChI=1S/C27H26F3N7O/c28-27(29,30)26-33-20-7-3-9-22(24(20)35-26)38-15-14-36-10-12-37(13-11-36)21-8-2-6-19-23(21)34-25(32-19)17-4-1-5-18(31)16-17/h1-9,16H,10-15,31H2,(H,32,34)(H,33,35). The van der Waals surface area contributed by atoms with Gasteiger partial charge in [-0.05, 0) is 36.4 Å². The Labute approximate surface area is 216 Å². The van der Waals surface area contributed by atoms with Crippen molar-refractivity contribution in [1.82, 2.24) is 24.8 Å². The quantitative estimate of drug-likeness (QED) is 0.275. The number of hydrogen-bond acceptors (Lipinski definition) is 6. The van der Waals surface area contributed by atoms with Crippen molar-refractivity contribution in [3.63, 3.8) is 0 Å². The number of nitrogens with two attached hydrogens (primary N) is 1. The number of nitrogens with one attached hydrogen (secondary N) is 2. The number of halogens is 3. The number of fused-ring (bicyclic) bond motifs is 2. The molecule has 0 unspecified atom stereocenters. The summed E-state index contributed by atoms with van der Waals surface area (Å²) in [4.78, 5) is 18.9. The molecule has 1 saturated heterocycles. The van der Waals surface area contributed by atoms with E-state index in [2.05, 4.69) is 30.8 Å². The van der Waals surface area contributed by atoms with Crippen molar-refractivity contribution >= 4 is 33.4 Å². The average Bonchev–Trinajstić information content (AvgIpc) is 3.54. The van der Waals surface area contributed by atoms with Crippen LogP contribution < -0.4 is 15.4 Å². The number of anilines is 2. The van der Waals surface area contributed by atoms with Gasteiger partial charge in [0.15, 0.2) is 0 Å². The topological polar surface area (TPSA) is 99.1 Å². The van der Waals surface area contributed by atoms with E-state index in [1.807, 2.05) is 36.4 Å². The number of rotatable bonds is 6. The summed E-state index contributed by atoms with van der Waals surface area (Å²) in [6.07, 6.45) is -4.53. The van der Waals surface area contributed by atoms with Gasteiger partial charge in [0.25, 0.3) is 0 Å². The van der Waals surface area contributed by atoms with Crippen LogP contribution in [0.5, 0.6) is 5.75 Å². The molecule has 6 rings (SSSR count). The number of piperazine rings is 1. The number of alkyl halides is 3. The summed E-state index contributed by atoms with van der Waals surface area (Å²) in [7, 11) is 0. The molecule has 11 heteroatoms. The largest absolute Gasteiger partial charge is 0.490 e. The van der Waals surface area contributed by atoms with Crippen molar-refractivity contribution in [3.05, 3.63) is 66.5 Å². The maximum atomic E-state index is 13.0. The lowest BCUT2D eigenvalue weighted by Gasteiger charge is -2.36. The van der Waals surface area contributed by atoms with E-state index in [0.717, 1.165) is 54.3 Å². The van der Waals surface area contributed by atoms with Crippen molar-refractivity contribution in [1.29, 1.82) is 0 Å². The number of nitrogens with zero attached hydrogens (tertiary/aromatic N) is 4. The predicted octanol–water partition coefficient (Wildman–Crippen LogP) is 4.91. The minimum atomic E-state index is -4.53. The van der Waals surface area contributed by atoms with Crippen molar-refractivity contribution in [3.8, 4) is 17.1 Å². The Hall–Kier alpha value is -4.25. The van der Waals surface area contributed by atoms with Gasteiger partial charge in [-0.15, -0.1) is 0 Å². The van der Waals surface area contributed by atoms with Crippen molar-refractivity contribution in [2.45, 2.75) is 6.18 Å². The summed E-state index contributed by atoms with van der Waals surface area (Å²) in [5, 5.41) is 0. The third kappa shape index (κ3) is 4.72. The Morgan fingerprint density at radius 3 is 2.37 bits per heavy atom. The van der Waals surface area contributed by atoms with Gasteiger partial charge in [-0.2, -0.15) is 13.2 Å². The number of hydrogen-bond donors (Lipinski definition) is 3. The Morgan fingerprint density at radius 1 is 0.868 bits per heavy atom. The second-order valence-electron chi connectivity index (χ2n) is 9.30. The van der Waals surface area contributed by atoms with Crippen LogP contribution in [0.2, 0.25) is 0 Å². The van der Waals surface area contributed by atoms with Crippen LogP contribution in [-0.2, 0) is 6.18 Å². The summed E-state index contributed by atoms with van der Waals surface area (Å²) in [6, 6.07) is 18.6. The summed E-state index contributed by atoms with van der Waals surface area (Å²) < 4.78 is 44.9. The van der Waals surface area contributed by atoms with Crippen LogP contribution >= 0.6 is 0 Å². The molecule has 2 aromatic heterocycles. The van der Waals surface area contributed by atoms with Crippen molar-refractivity contribution in [2.75, 3.05) is 50.0 Å². The summed E-state index contributed by atoms with van der Waals surface area (Å²) in [6.45, 7) is 4.32. The predicted molar refractivity (Wildman–Crippen MR) is 141 cm³/mol. The SMILES string of the molecule is Nc1cccc(-c2nc3c(N4CCN(CCOc5cccc6[nH]c(C(F)(F)F)nc56)CC4)cccc3[nH]2)c1. The lowest BCUT2D eigenvalue weighted by Crippen LogP contribution is -2.47. The van der Waals surface area contributed by atoms with Gasteiger partial charge in [-0.25, -0.2) is 9.97 Å². The molecule has 196 valence electrons. The Morgan fingerprint density at radius 2 is 1.61 bits per heavy atom. The first-order valence-electron chi connectivity index (χ1n) is 12.4. The third-order valence-electron chi connectivity index (χ3n) is 6.77. The zero-order valence-corrected chi connectivity index (χ0v) is 20.4. The number of aromatic nitrogens is 4. The summed E-state index contributed by atoms with van der Waals surface area (Å²) in [5.41, 5.74) is 11.0. The number of benzene rings is 3. The van der Waals surface area contributed by atoms with E-state index in [9.17, 15) is 13.2 Å². The average molecular weight is 522 g/mol. The molecular weight excluding hydrogens is 495 g/mol. The molecule has 0 saturated carbocycles. The van der Waals surface area contributed by atoms with Crippen LogP contribution in [0.25, 0.3) is 33.5 Å². The molecule has 5 aromatic rings. The number of nitrogen functional groups attached to an aromatic ring is 1. The van der Waals surface area contributed by atoms with E-state index >= 15 is 0 Å². The zero-order valence-electron chi connectivity index (χ0n) is 20.4. The maximum Gasteiger partial charge on any atom is 0.449 e. The molecule has 3 heterocycles. The molecule has 38 heavy (non-hydrogen) atoms. The van der Waals surface area contributed by atoms with E-state index in [0.29, 0.717) is 30.1 Å². The Kier molecular flexibility index (Phi) is 6.07. The molecule has 0 amide bonds. The van der Waals surface area contributed by atoms with E-state index in [-0.39, 0.29) is 5.52 Å². The number of para-hydroxylation sites is 2. The number of H-pyrrole nitrogens is 2. The Bertz CT molecular complexity index is 1580. The van der Waals surface area contributed by atoms with E-state index in [4.69, 9.17) is 15.5 Å². The molecule has 0 atom stereocenters. The second-order valence-corrected chi connectivity index (χ2v) is 9.30. The normalized spacial score (nSPS) is 15.0. The maximum absolute atomic E-state index is 13.0. The minimum absolute atomic E-state index is 0.189. The molecule has 0 spiro atoms. The summed E-state index contributed by atoms with van der Waals surface area (Å²) >= 11 is 0. The lowest BCUT2D eigenvalue weighted by atomic mass is 10.2. The molecule has 3 aromatic carbocycles. The number of aromatic amines is 2. The molecule has 0 aliphatic carbocycles. The van der Waals surface area contributed by atoms with E-state index < -0.39 is 12.0 Å². The number of imidazole rings is 2. The highest BCUT2D eigenvalue weighted by Crippen LogP contribution is 2.32. The van der Waals surface area contributed by atoms with Crippen molar-refractivity contribution < 1.29 is 17.9 Å². The van der Waals surface area contributed by atoms with Crippen LogP contribution in [0, 0.1) is 0 Å². The molecule has 1 aliphatic rings. The van der Waals surface area contributed by atoms with Crippen LogP contribution in [0.3, 0.4) is 0 Å². The number of ether oxygens (including phenoxy) is 1. The van der Waals surface area contributed by atoms with Gasteiger partial charge in [0.2, 0.25) is 5.82 Å². The van der Waals surface area contributed by atoms with Gasteiger partial charge in [0.1, 0.15) is 29.2 Å². The molecule has 1 aliphatic heterocycles. The molecule has 1 fully saturated rings. The first-order valence-corrected chi connectivity index (χ1v) is 12.4. The Balaban J connectivity index is 1.09. The van der Waals surface area contributed by atoms with Crippen LogP contribution in [0.15, 0.2) is 60.7 Å². The van der Waals surface area contributed by atoms with Crippen LogP contribution in [0.4, 0.5) is 24.5 Å². The van der Waals surface area contributed by atoms with Gasteiger partial charge in [0.05, 0.1) is 16.7 Å². The first-order chi connectivity index (χ1) is 18.3. The molecular formula is C27H26F3N7O. The molecule has 0 bridgehead atoms. The van der Waals surface area contributed by atoms with Gasteiger partial charge in [0, 0.05) is 44.0 Å². The van der Waals surface area contributed by atoms with Crippen LogP contribution in [-0.4, -0.2) is 64.2 Å². The van der Waals surface area contributed by atoms with E-state index in [1.165, 1.54) is 0 Å². The molecule has 4 N–H and O–H groups in total. The van der Waals surface area contributed by atoms with Gasteiger partial charge in [-0.1, -0.05) is 24.3 Å². The third-order valence-corrected chi connectivity index (χ3v) is 6.77. The van der Waals surface area contributed by atoms with Crippen LogP contribution in [0.1, 0.15) is 5.82 Å². The first kappa shape index (κ1) is 24.1. The highest BCUT2D eigenvalue weighted by Gasteiger charge is 2.35. The fourth-order valence-corrected chi connectivity index (χ4v) is 4.85. The van der Waals surface area contributed by atoms with Gasteiger partial charge < -0.3 is 25.3 Å². The summed E-state index contributed by atoms with van der Waals surface area (Å²) in [5.74, 6) is 0.102. The smallest absolute Gasteiger partial charge is 0.449 e.